The molecule has 0 aliphatic carbocycles. The van der Waals surface area contributed by atoms with E-state index in [-0.39, 0.29) is 34.9 Å². The fourth-order valence-corrected chi connectivity index (χ4v) is 5.61. The predicted octanol–water partition coefficient (Wildman–Crippen LogP) is 8.38. The summed E-state index contributed by atoms with van der Waals surface area (Å²) >= 11 is 0. The zero-order chi connectivity index (χ0) is 34.9. The third-order valence-corrected chi connectivity index (χ3v) is 7.86. The van der Waals surface area contributed by atoms with Crippen molar-refractivity contribution < 1.29 is 54.2 Å². The lowest BCUT2D eigenvalue weighted by atomic mass is 9.97. The van der Waals surface area contributed by atoms with Gasteiger partial charge in [0.1, 0.15) is 17.9 Å². The van der Waals surface area contributed by atoms with Gasteiger partial charge >= 0.3 is 24.5 Å². The van der Waals surface area contributed by atoms with E-state index in [1.54, 1.807) is 24.3 Å². The lowest BCUT2D eigenvalue weighted by molar-refractivity contribution is -0.143. The molecule has 0 amide bonds. The lowest BCUT2D eigenvalue weighted by Gasteiger charge is -2.19. The van der Waals surface area contributed by atoms with Crippen LogP contribution in [0.5, 0.6) is 5.75 Å². The summed E-state index contributed by atoms with van der Waals surface area (Å²) in [4.78, 5) is 17.5. The van der Waals surface area contributed by atoms with Gasteiger partial charge in [0.25, 0.3) is 0 Å². The minimum Gasteiger partial charge on any atom is -0.488 e. The van der Waals surface area contributed by atoms with Crippen LogP contribution in [0.15, 0.2) is 66.9 Å². The largest absolute Gasteiger partial charge is 0.488 e. The molecule has 16 heteroatoms. The van der Waals surface area contributed by atoms with Crippen molar-refractivity contribution in [1.29, 1.82) is 0 Å². The van der Waals surface area contributed by atoms with Crippen molar-refractivity contribution in [3.05, 3.63) is 94.8 Å². The number of nitrogens with zero attached hydrogens (tertiary/aromatic N) is 4. The van der Waals surface area contributed by atoms with Crippen molar-refractivity contribution in [3.8, 4) is 22.8 Å². The second-order valence-corrected chi connectivity index (χ2v) is 11.2. The van der Waals surface area contributed by atoms with Crippen LogP contribution in [-0.2, 0) is 19.0 Å². The number of carboxylic acids is 1. The first-order valence-electron chi connectivity index (χ1n) is 14.6. The Bertz CT molecular complexity index is 1750. The second kappa shape index (κ2) is 13.5. The molecule has 3 heterocycles. The highest BCUT2D eigenvalue weighted by Crippen LogP contribution is 2.42. The molecule has 5 rings (SSSR count). The van der Waals surface area contributed by atoms with Gasteiger partial charge in [-0.1, -0.05) is 36.4 Å². The van der Waals surface area contributed by atoms with Crippen LogP contribution in [0, 0.1) is 0 Å². The number of benzene rings is 2. The highest BCUT2D eigenvalue weighted by molar-refractivity contribution is 5.89. The second-order valence-electron chi connectivity index (χ2n) is 11.2. The molecule has 1 N–H and O–H groups in total. The maximum Gasteiger partial charge on any atom is 0.434 e. The SMILES string of the molecule is O=C(O)c1cnn(-c2cccc(-c3cccc(C(F)(F)F)c3OCc3ccc(C4CCN(CCCC(F)(F)F)C4)cc3)n2)c1C(F)(F)F. The number of hydrogen-bond acceptors (Lipinski definition) is 5. The van der Waals surface area contributed by atoms with Crippen molar-refractivity contribution in [1.82, 2.24) is 19.7 Å². The molecule has 0 saturated carbocycles. The number of carbonyl (C=O) groups is 1. The average molecular weight is 687 g/mol. The third kappa shape index (κ3) is 8.09. The molecule has 256 valence electrons. The Hall–Kier alpha value is -4.60. The van der Waals surface area contributed by atoms with E-state index >= 15 is 0 Å². The first kappa shape index (κ1) is 34.7. The summed E-state index contributed by atoms with van der Waals surface area (Å²) in [5.74, 6) is -2.90. The molecule has 1 aliphatic rings. The van der Waals surface area contributed by atoms with Gasteiger partial charge in [-0.2, -0.15) is 44.6 Å². The van der Waals surface area contributed by atoms with Gasteiger partial charge in [-0.25, -0.2) is 14.5 Å². The van der Waals surface area contributed by atoms with Crippen LogP contribution in [0.1, 0.15) is 57.9 Å². The molecular formula is C32H27F9N4O3. The van der Waals surface area contributed by atoms with Gasteiger partial charge in [0.2, 0.25) is 0 Å². The van der Waals surface area contributed by atoms with E-state index in [4.69, 9.17) is 4.74 Å². The molecule has 2 aromatic carbocycles. The Morgan fingerprint density at radius 1 is 0.917 bits per heavy atom. The van der Waals surface area contributed by atoms with E-state index in [1.807, 2.05) is 4.90 Å². The Balaban J connectivity index is 1.37. The fourth-order valence-electron chi connectivity index (χ4n) is 5.61. The summed E-state index contributed by atoms with van der Waals surface area (Å²) in [6.45, 7) is 1.25. The van der Waals surface area contributed by atoms with Crippen LogP contribution in [0.3, 0.4) is 0 Å². The number of carboxylic acid groups (broad SMARTS) is 1. The Morgan fingerprint density at radius 3 is 2.27 bits per heavy atom. The van der Waals surface area contributed by atoms with Gasteiger partial charge in [0, 0.05) is 18.5 Å². The summed E-state index contributed by atoms with van der Waals surface area (Å²) in [6, 6.07) is 13.7. The molecule has 48 heavy (non-hydrogen) atoms. The van der Waals surface area contributed by atoms with Crippen molar-refractivity contribution >= 4 is 5.97 Å². The number of rotatable bonds is 10. The average Bonchev–Trinajstić information content (AvgIpc) is 3.68. The summed E-state index contributed by atoms with van der Waals surface area (Å²) in [5.41, 5.74) is -2.83. The van der Waals surface area contributed by atoms with Crippen molar-refractivity contribution in [2.75, 3.05) is 19.6 Å². The topological polar surface area (TPSA) is 80.5 Å². The number of hydrogen-bond donors (Lipinski definition) is 1. The summed E-state index contributed by atoms with van der Waals surface area (Å²) < 4.78 is 127. The van der Waals surface area contributed by atoms with Gasteiger partial charge in [0.05, 0.1) is 17.5 Å². The fraction of sp³-hybridized carbons (Fsp3) is 0.344. The number of aromatic nitrogens is 3. The summed E-state index contributed by atoms with van der Waals surface area (Å²) in [7, 11) is 0. The quantitative estimate of drug-likeness (QED) is 0.169. The minimum absolute atomic E-state index is 0.0111. The van der Waals surface area contributed by atoms with Crippen LogP contribution in [0.25, 0.3) is 17.1 Å². The van der Waals surface area contributed by atoms with Crippen molar-refractivity contribution in [2.24, 2.45) is 0 Å². The summed E-state index contributed by atoms with van der Waals surface area (Å²) in [6.07, 6.45) is -13.8. The zero-order valence-electron chi connectivity index (χ0n) is 24.8. The molecule has 2 aromatic heterocycles. The highest BCUT2D eigenvalue weighted by Gasteiger charge is 2.41. The first-order chi connectivity index (χ1) is 22.5. The number of alkyl halides is 9. The van der Waals surface area contributed by atoms with Gasteiger partial charge in [-0.05, 0) is 67.2 Å². The molecule has 0 radical (unpaired) electrons. The molecule has 7 nitrogen and oxygen atoms in total. The lowest BCUT2D eigenvalue weighted by Crippen LogP contribution is -2.23. The van der Waals surface area contributed by atoms with E-state index in [0.717, 1.165) is 30.2 Å². The van der Waals surface area contributed by atoms with Gasteiger partial charge < -0.3 is 14.7 Å². The van der Waals surface area contributed by atoms with E-state index in [0.29, 0.717) is 31.4 Å². The summed E-state index contributed by atoms with van der Waals surface area (Å²) in [5, 5.41) is 12.7. The number of likely N-dealkylation sites (tertiary alicyclic amines) is 1. The molecule has 4 aromatic rings. The number of halogens is 9. The van der Waals surface area contributed by atoms with E-state index in [2.05, 4.69) is 10.1 Å². The monoisotopic (exact) mass is 686 g/mol. The van der Waals surface area contributed by atoms with Gasteiger partial charge in [-0.3, -0.25) is 0 Å². The number of pyridine rings is 1. The molecule has 0 spiro atoms. The zero-order valence-corrected chi connectivity index (χ0v) is 24.8. The number of para-hydroxylation sites is 1. The van der Waals surface area contributed by atoms with Crippen molar-refractivity contribution in [3.63, 3.8) is 0 Å². The van der Waals surface area contributed by atoms with Crippen LogP contribution in [-0.4, -0.2) is 56.6 Å². The van der Waals surface area contributed by atoms with Crippen LogP contribution in [0.2, 0.25) is 0 Å². The first-order valence-corrected chi connectivity index (χ1v) is 14.6. The Labute approximate surface area is 267 Å². The minimum atomic E-state index is -5.14. The third-order valence-electron chi connectivity index (χ3n) is 7.86. The van der Waals surface area contributed by atoms with Gasteiger partial charge in [0.15, 0.2) is 11.5 Å². The van der Waals surface area contributed by atoms with E-state index in [9.17, 15) is 49.4 Å². The number of aromatic carboxylic acids is 1. The predicted molar refractivity (Wildman–Crippen MR) is 154 cm³/mol. The molecule has 0 bridgehead atoms. The van der Waals surface area contributed by atoms with E-state index < -0.39 is 59.3 Å². The number of ether oxygens (including phenoxy) is 1. The molecule has 1 unspecified atom stereocenters. The van der Waals surface area contributed by atoms with Crippen LogP contribution in [0.4, 0.5) is 39.5 Å². The smallest absolute Gasteiger partial charge is 0.434 e. The Morgan fingerprint density at radius 2 is 1.62 bits per heavy atom. The highest BCUT2D eigenvalue weighted by atomic mass is 19.4. The van der Waals surface area contributed by atoms with Crippen molar-refractivity contribution in [2.45, 2.75) is 50.3 Å². The molecular weight excluding hydrogens is 659 g/mol. The maximum absolute atomic E-state index is 14.1. The molecule has 1 aliphatic heterocycles. The molecule has 1 atom stereocenters. The standard InChI is InChI=1S/C32H27F9N4O3/c33-30(34,35)13-3-14-44-15-12-21(17-44)20-10-8-19(9-11-20)18-48-27-22(4-1-5-24(27)31(36,37)38)25-6-2-7-26(43-25)45-28(32(39,40)41)23(16-42-45)29(46)47/h1-2,4-11,16,21H,3,12-15,17-18H2,(H,46,47). The molecule has 1 saturated heterocycles. The van der Waals surface area contributed by atoms with Crippen LogP contribution >= 0.6 is 0 Å². The van der Waals surface area contributed by atoms with E-state index in [1.165, 1.54) is 18.2 Å². The Kier molecular flexibility index (Phi) is 9.76. The van der Waals surface area contributed by atoms with Crippen LogP contribution < -0.4 is 4.74 Å². The van der Waals surface area contributed by atoms with Gasteiger partial charge in [-0.15, -0.1) is 0 Å². The maximum atomic E-state index is 14.1. The normalized spacial score (nSPS) is 16.0. The molecule has 1 fully saturated rings.